The number of hydrogen-bond acceptors (Lipinski definition) is 3. The van der Waals surface area contributed by atoms with E-state index in [4.69, 9.17) is 23.2 Å². The van der Waals surface area contributed by atoms with E-state index in [0.717, 1.165) is 25.9 Å². The van der Waals surface area contributed by atoms with Gasteiger partial charge in [0.1, 0.15) is 5.82 Å². The number of carbonyl (C=O) groups is 1. The van der Waals surface area contributed by atoms with Gasteiger partial charge in [-0.15, -0.1) is 0 Å². The van der Waals surface area contributed by atoms with Crippen molar-refractivity contribution < 1.29 is 4.79 Å². The van der Waals surface area contributed by atoms with Crippen molar-refractivity contribution in [2.45, 2.75) is 26.2 Å². The second-order valence-electron chi connectivity index (χ2n) is 5.67. The molecule has 7 heteroatoms. The number of hydrogen-bond donors (Lipinski definition) is 2. The summed E-state index contributed by atoms with van der Waals surface area (Å²) >= 11 is 11.8. The highest BCUT2D eigenvalue weighted by atomic mass is 35.5. The van der Waals surface area contributed by atoms with Crippen molar-refractivity contribution in [3.05, 3.63) is 22.3 Å². The predicted molar refractivity (Wildman–Crippen MR) is 90.7 cm³/mol. The SMILES string of the molecule is CC1CCCN(C(=O)NCCNc2ncc(Cl)cc2Cl)CC1. The number of nitrogens with zero attached hydrogens (tertiary/aromatic N) is 2. The molecule has 1 aromatic heterocycles. The van der Waals surface area contributed by atoms with E-state index in [0.29, 0.717) is 34.9 Å². The molecule has 1 aromatic rings. The van der Waals surface area contributed by atoms with Crippen molar-refractivity contribution in [3.8, 4) is 0 Å². The smallest absolute Gasteiger partial charge is 0.317 e. The van der Waals surface area contributed by atoms with Crippen LogP contribution in [0.5, 0.6) is 0 Å². The Morgan fingerprint density at radius 2 is 2.18 bits per heavy atom. The van der Waals surface area contributed by atoms with Crippen LogP contribution >= 0.6 is 23.2 Å². The Labute approximate surface area is 141 Å². The zero-order valence-electron chi connectivity index (χ0n) is 12.7. The molecule has 1 unspecified atom stereocenters. The third kappa shape index (κ3) is 5.21. The molecule has 0 saturated carbocycles. The zero-order valence-corrected chi connectivity index (χ0v) is 14.3. The van der Waals surface area contributed by atoms with Crippen LogP contribution < -0.4 is 10.6 Å². The van der Waals surface area contributed by atoms with Crippen molar-refractivity contribution in [2.75, 3.05) is 31.5 Å². The van der Waals surface area contributed by atoms with Gasteiger partial charge in [0.15, 0.2) is 0 Å². The van der Waals surface area contributed by atoms with Gasteiger partial charge < -0.3 is 15.5 Å². The van der Waals surface area contributed by atoms with Gasteiger partial charge in [-0.1, -0.05) is 30.1 Å². The molecular weight excluding hydrogens is 323 g/mol. The van der Waals surface area contributed by atoms with E-state index in [1.807, 2.05) is 4.90 Å². The molecule has 1 fully saturated rings. The van der Waals surface area contributed by atoms with Crippen LogP contribution in [0.15, 0.2) is 12.3 Å². The Morgan fingerprint density at radius 1 is 1.36 bits per heavy atom. The van der Waals surface area contributed by atoms with Crippen LogP contribution in [0.2, 0.25) is 10.0 Å². The highest BCUT2D eigenvalue weighted by molar-refractivity contribution is 6.35. The summed E-state index contributed by atoms with van der Waals surface area (Å²) < 4.78 is 0. The minimum atomic E-state index is 0.00561. The third-order valence-electron chi connectivity index (χ3n) is 3.81. The van der Waals surface area contributed by atoms with E-state index < -0.39 is 0 Å². The molecule has 122 valence electrons. The van der Waals surface area contributed by atoms with Gasteiger partial charge in [-0.2, -0.15) is 0 Å². The zero-order chi connectivity index (χ0) is 15.9. The van der Waals surface area contributed by atoms with Crippen molar-refractivity contribution in [3.63, 3.8) is 0 Å². The van der Waals surface area contributed by atoms with Crippen LogP contribution in [0.3, 0.4) is 0 Å². The molecule has 1 aliphatic rings. The van der Waals surface area contributed by atoms with Crippen molar-refractivity contribution >= 4 is 35.1 Å². The first-order chi connectivity index (χ1) is 10.6. The van der Waals surface area contributed by atoms with Crippen molar-refractivity contribution in [1.82, 2.24) is 15.2 Å². The number of anilines is 1. The van der Waals surface area contributed by atoms with Gasteiger partial charge in [-0.25, -0.2) is 9.78 Å². The first-order valence-electron chi connectivity index (χ1n) is 7.64. The number of likely N-dealkylation sites (tertiary alicyclic amines) is 1. The number of amides is 2. The van der Waals surface area contributed by atoms with Crippen LogP contribution in [0.4, 0.5) is 10.6 Å². The van der Waals surface area contributed by atoms with Gasteiger partial charge in [0.05, 0.1) is 10.0 Å². The summed E-state index contributed by atoms with van der Waals surface area (Å²) in [6, 6.07) is 1.64. The van der Waals surface area contributed by atoms with E-state index >= 15 is 0 Å². The monoisotopic (exact) mass is 344 g/mol. The van der Waals surface area contributed by atoms with E-state index in [9.17, 15) is 4.79 Å². The molecule has 1 aliphatic heterocycles. The molecule has 0 radical (unpaired) electrons. The number of pyridine rings is 1. The summed E-state index contributed by atoms with van der Waals surface area (Å²) in [5.41, 5.74) is 0. The van der Waals surface area contributed by atoms with Crippen molar-refractivity contribution in [1.29, 1.82) is 0 Å². The lowest BCUT2D eigenvalue weighted by molar-refractivity contribution is 0.200. The maximum Gasteiger partial charge on any atom is 0.317 e. The molecule has 0 aromatic carbocycles. The number of nitrogens with one attached hydrogen (secondary N) is 2. The second kappa shape index (κ2) is 8.44. The first-order valence-corrected chi connectivity index (χ1v) is 8.39. The van der Waals surface area contributed by atoms with Crippen LogP contribution in [-0.2, 0) is 0 Å². The number of halogens is 2. The summed E-state index contributed by atoms with van der Waals surface area (Å²) in [6.45, 7) is 5.00. The molecule has 2 N–H and O–H groups in total. The molecular formula is C15H22Cl2N4O. The minimum Gasteiger partial charge on any atom is -0.367 e. The second-order valence-corrected chi connectivity index (χ2v) is 6.51. The van der Waals surface area contributed by atoms with Gasteiger partial charge in [0.2, 0.25) is 0 Å². The highest BCUT2D eigenvalue weighted by Gasteiger charge is 2.17. The maximum absolute atomic E-state index is 12.1. The number of carbonyl (C=O) groups excluding carboxylic acids is 1. The number of urea groups is 1. The normalized spacial score (nSPS) is 18.7. The quantitative estimate of drug-likeness (QED) is 0.820. The Bertz CT molecular complexity index is 512. The average molecular weight is 345 g/mol. The van der Waals surface area contributed by atoms with E-state index in [2.05, 4.69) is 22.5 Å². The fraction of sp³-hybridized carbons (Fsp3) is 0.600. The molecule has 0 aliphatic carbocycles. The standard InChI is InChI=1S/C15H22Cl2N4O/c1-11-3-2-7-21(8-4-11)15(22)19-6-5-18-14-13(17)9-12(16)10-20-14/h9-11H,2-8H2,1H3,(H,18,20)(H,19,22). The molecule has 2 heterocycles. The molecule has 0 bridgehead atoms. The molecule has 2 rings (SSSR count). The fourth-order valence-electron chi connectivity index (χ4n) is 2.47. The van der Waals surface area contributed by atoms with E-state index in [1.165, 1.54) is 12.6 Å². The summed E-state index contributed by atoms with van der Waals surface area (Å²) in [5, 5.41) is 6.98. The number of rotatable bonds is 4. The van der Waals surface area contributed by atoms with Crippen LogP contribution in [-0.4, -0.2) is 42.1 Å². The summed E-state index contributed by atoms with van der Waals surface area (Å²) in [7, 11) is 0. The summed E-state index contributed by atoms with van der Waals surface area (Å²) in [4.78, 5) is 18.1. The van der Waals surface area contributed by atoms with Gasteiger partial charge in [0.25, 0.3) is 0 Å². The first kappa shape index (κ1) is 17.2. The van der Waals surface area contributed by atoms with Gasteiger partial charge in [0, 0.05) is 32.4 Å². The van der Waals surface area contributed by atoms with E-state index in [1.54, 1.807) is 6.07 Å². The Morgan fingerprint density at radius 3 is 2.95 bits per heavy atom. The van der Waals surface area contributed by atoms with E-state index in [-0.39, 0.29) is 6.03 Å². The highest BCUT2D eigenvalue weighted by Crippen LogP contribution is 2.22. The van der Waals surface area contributed by atoms with Crippen LogP contribution in [0.25, 0.3) is 0 Å². The lowest BCUT2D eigenvalue weighted by atomic mass is 10.0. The molecule has 1 saturated heterocycles. The van der Waals surface area contributed by atoms with Crippen LogP contribution in [0, 0.1) is 5.92 Å². The lowest BCUT2D eigenvalue weighted by Gasteiger charge is -2.21. The van der Waals surface area contributed by atoms with Crippen molar-refractivity contribution in [2.24, 2.45) is 5.92 Å². The van der Waals surface area contributed by atoms with Gasteiger partial charge in [-0.05, 0) is 31.2 Å². The third-order valence-corrected chi connectivity index (χ3v) is 4.30. The molecule has 5 nitrogen and oxygen atoms in total. The summed E-state index contributed by atoms with van der Waals surface area (Å²) in [6.07, 6.45) is 4.89. The topological polar surface area (TPSA) is 57.3 Å². The fourth-order valence-corrected chi connectivity index (χ4v) is 2.92. The molecule has 2 amide bonds. The summed E-state index contributed by atoms with van der Waals surface area (Å²) in [5.74, 6) is 1.28. The molecule has 0 spiro atoms. The lowest BCUT2D eigenvalue weighted by Crippen LogP contribution is -2.42. The Hall–Kier alpha value is -1.20. The Balaban J connectivity index is 1.70. The maximum atomic E-state index is 12.1. The minimum absolute atomic E-state index is 0.00561. The molecule has 1 atom stereocenters. The predicted octanol–water partition coefficient (Wildman–Crippen LogP) is 3.63. The van der Waals surface area contributed by atoms with Gasteiger partial charge in [-0.3, -0.25) is 0 Å². The largest absolute Gasteiger partial charge is 0.367 e. The number of aromatic nitrogens is 1. The van der Waals surface area contributed by atoms with Gasteiger partial charge >= 0.3 is 6.03 Å². The molecule has 22 heavy (non-hydrogen) atoms. The Kier molecular flexibility index (Phi) is 6.58. The van der Waals surface area contributed by atoms with Crippen LogP contribution in [0.1, 0.15) is 26.2 Å². The average Bonchev–Trinajstić information content (AvgIpc) is 2.70.